The van der Waals surface area contributed by atoms with Crippen LogP contribution in [0.2, 0.25) is 5.15 Å². The highest BCUT2D eigenvalue weighted by atomic mass is 35.5. The van der Waals surface area contributed by atoms with Gasteiger partial charge in [-0.1, -0.05) is 29.8 Å². The number of aromatic nitrogens is 2. The van der Waals surface area contributed by atoms with Crippen molar-refractivity contribution >= 4 is 22.5 Å². The molecule has 0 fully saturated rings. The molecule has 4 heteroatoms. The normalized spacial score (nSPS) is 11.1. The first-order chi connectivity index (χ1) is 9.99. The topological polar surface area (TPSA) is 25.8 Å². The van der Waals surface area contributed by atoms with Crippen molar-refractivity contribution in [2.75, 3.05) is 0 Å². The zero-order valence-electron chi connectivity index (χ0n) is 12.0. The molecule has 106 valence electrons. The molecule has 0 amide bonds. The number of benzene rings is 2. The van der Waals surface area contributed by atoms with Crippen LogP contribution >= 0.6 is 11.6 Å². The molecule has 0 bridgehead atoms. The molecule has 0 aliphatic heterocycles. The second-order valence-corrected chi connectivity index (χ2v) is 5.53. The third-order valence-corrected chi connectivity index (χ3v) is 4.00. The molecule has 2 nitrogen and oxygen atoms in total. The summed E-state index contributed by atoms with van der Waals surface area (Å²) in [7, 11) is 0. The molecular formula is C17H14ClFN2. The van der Waals surface area contributed by atoms with Gasteiger partial charge in [-0.15, -0.1) is 0 Å². The average molecular weight is 301 g/mol. The lowest BCUT2D eigenvalue weighted by Crippen LogP contribution is -1.98. The highest BCUT2D eigenvalue weighted by Gasteiger charge is 2.14. The van der Waals surface area contributed by atoms with Crippen LogP contribution in [0, 0.1) is 26.6 Å². The summed E-state index contributed by atoms with van der Waals surface area (Å²) in [5, 5.41) is 1.02. The van der Waals surface area contributed by atoms with Crippen LogP contribution in [0.25, 0.3) is 22.3 Å². The molecule has 0 unspecified atom stereocenters. The first kappa shape index (κ1) is 14.0. The van der Waals surface area contributed by atoms with Gasteiger partial charge in [-0.2, -0.15) is 0 Å². The lowest BCUT2D eigenvalue weighted by molar-refractivity contribution is 0.620. The highest BCUT2D eigenvalue weighted by Crippen LogP contribution is 2.30. The fourth-order valence-corrected chi connectivity index (χ4v) is 2.78. The minimum Gasteiger partial charge on any atom is -0.227 e. The maximum Gasteiger partial charge on any atom is 0.162 e. The lowest BCUT2D eigenvalue weighted by atomic mass is 10.0. The van der Waals surface area contributed by atoms with Crippen LogP contribution in [0.5, 0.6) is 0 Å². The van der Waals surface area contributed by atoms with E-state index in [9.17, 15) is 4.39 Å². The van der Waals surface area contributed by atoms with Gasteiger partial charge in [0.25, 0.3) is 0 Å². The van der Waals surface area contributed by atoms with E-state index in [4.69, 9.17) is 11.6 Å². The van der Waals surface area contributed by atoms with Crippen LogP contribution in [0.4, 0.5) is 4.39 Å². The number of halogens is 2. The van der Waals surface area contributed by atoms with E-state index in [1.165, 1.54) is 6.07 Å². The Morgan fingerprint density at radius 1 is 0.952 bits per heavy atom. The van der Waals surface area contributed by atoms with Gasteiger partial charge in [-0.25, -0.2) is 14.4 Å². The quantitative estimate of drug-likeness (QED) is 0.590. The first-order valence-electron chi connectivity index (χ1n) is 6.68. The average Bonchev–Trinajstić information content (AvgIpc) is 2.43. The van der Waals surface area contributed by atoms with Crippen LogP contribution in [-0.2, 0) is 0 Å². The van der Waals surface area contributed by atoms with E-state index in [0.717, 1.165) is 16.7 Å². The Balaban J connectivity index is 2.38. The minimum atomic E-state index is -0.287. The van der Waals surface area contributed by atoms with Crippen molar-refractivity contribution in [2.24, 2.45) is 0 Å². The molecule has 0 saturated carbocycles. The Bertz CT molecular complexity index is 839. The minimum absolute atomic E-state index is 0.287. The summed E-state index contributed by atoms with van der Waals surface area (Å²) in [5.74, 6) is 0.251. The zero-order chi connectivity index (χ0) is 15.1. The smallest absolute Gasteiger partial charge is 0.162 e. The molecule has 2 aromatic carbocycles. The monoisotopic (exact) mass is 300 g/mol. The van der Waals surface area contributed by atoms with Gasteiger partial charge in [-0.05, 0) is 44.0 Å². The summed E-state index contributed by atoms with van der Waals surface area (Å²) >= 11 is 6.27. The number of rotatable bonds is 1. The Morgan fingerprint density at radius 3 is 2.29 bits per heavy atom. The van der Waals surface area contributed by atoms with E-state index < -0.39 is 0 Å². The van der Waals surface area contributed by atoms with Gasteiger partial charge in [-0.3, -0.25) is 0 Å². The number of hydrogen-bond acceptors (Lipinski definition) is 2. The second-order valence-electron chi connectivity index (χ2n) is 5.17. The van der Waals surface area contributed by atoms with Crippen molar-refractivity contribution in [2.45, 2.75) is 20.8 Å². The summed E-state index contributed by atoms with van der Waals surface area (Å²) in [6.07, 6.45) is 0. The van der Waals surface area contributed by atoms with E-state index >= 15 is 0 Å². The van der Waals surface area contributed by atoms with Crippen LogP contribution in [0.1, 0.15) is 16.7 Å². The third kappa shape index (κ3) is 2.28. The maximum atomic E-state index is 13.8. The van der Waals surface area contributed by atoms with Gasteiger partial charge in [0.1, 0.15) is 11.0 Å². The Labute approximate surface area is 127 Å². The Kier molecular flexibility index (Phi) is 3.38. The molecule has 21 heavy (non-hydrogen) atoms. The van der Waals surface area contributed by atoms with Gasteiger partial charge >= 0.3 is 0 Å². The number of fused-ring (bicyclic) bond motifs is 1. The molecule has 0 aliphatic carbocycles. The van der Waals surface area contributed by atoms with Crippen LogP contribution in [-0.4, -0.2) is 9.97 Å². The standard InChI is InChI=1S/C17H14ClFN2/c1-9-5-4-6-10(2)14(9)17-20-15-11(3)13(19)8-7-12(15)16(18)21-17/h4-8H,1-3H3. The van der Waals surface area contributed by atoms with Gasteiger partial charge in [0.05, 0.1) is 5.52 Å². The van der Waals surface area contributed by atoms with Crippen molar-refractivity contribution in [1.82, 2.24) is 9.97 Å². The molecule has 1 heterocycles. The fraction of sp³-hybridized carbons (Fsp3) is 0.176. The highest BCUT2D eigenvalue weighted by molar-refractivity contribution is 6.34. The fourth-order valence-electron chi connectivity index (χ4n) is 2.55. The van der Waals surface area contributed by atoms with E-state index in [2.05, 4.69) is 9.97 Å². The van der Waals surface area contributed by atoms with E-state index in [1.54, 1.807) is 13.0 Å². The lowest BCUT2D eigenvalue weighted by Gasteiger charge is -2.11. The Hall–Kier alpha value is -2.00. The van der Waals surface area contributed by atoms with Gasteiger partial charge in [0.15, 0.2) is 5.82 Å². The summed E-state index contributed by atoms with van der Waals surface area (Å²) < 4.78 is 13.8. The number of aryl methyl sites for hydroxylation is 3. The largest absolute Gasteiger partial charge is 0.227 e. The van der Waals surface area contributed by atoms with Crippen LogP contribution < -0.4 is 0 Å². The van der Waals surface area contributed by atoms with E-state index in [-0.39, 0.29) is 5.82 Å². The molecule has 0 aliphatic rings. The van der Waals surface area contributed by atoms with Crippen molar-refractivity contribution in [3.05, 3.63) is 58.0 Å². The zero-order valence-corrected chi connectivity index (χ0v) is 12.8. The molecule has 0 saturated heterocycles. The summed E-state index contributed by atoms with van der Waals surface area (Å²) in [5.41, 5.74) is 4.14. The van der Waals surface area contributed by atoms with Gasteiger partial charge in [0.2, 0.25) is 0 Å². The molecule has 0 spiro atoms. The third-order valence-electron chi connectivity index (χ3n) is 3.71. The van der Waals surface area contributed by atoms with Crippen molar-refractivity contribution in [3.8, 4) is 11.4 Å². The van der Waals surface area contributed by atoms with E-state index in [1.807, 2.05) is 32.0 Å². The first-order valence-corrected chi connectivity index (χ1v) is 7.06. The van der Waals surface area contributed by atoms with Crippen molar-refractivity contribution in [1.29, 1.82) is 0 Å². The maximum absolute atomic E-state index is 13.8. The van der Waals surface area contributed by atoms with Gasteiger partial charge in [0, 0.05) is 16.5 Å². The molecular weight excluding hydrogens is 287 g/mol. The second kappa shape index (κ2) is 5.08. The molecule has 0 atom stereocenters. The predicted molar refractivity (Wildman–Crippen MR) is 84.2 cm³/mol. The molecule has 3 aromatic rings. The van der Waals surface area contributed by atoms with Gasteiger partial charge < -0.3 is 0 Å². The molecule has 1 aromatic heterocycles. The number of nitrogens with zero attached hydrogens (tertiary/aromatic N) is 2. The van der Waals surface area contributed by atoms with Crippen molar-refractivity contribution < 1.29 is 4.39 Å². The Morgan fingerprint density at radius 2 is 1.62 bits per heavy atom. The molecule has 3 rings (SSSR count). The summed E-state index contributed by atoms with van der Waals surface area (Å²) in [6, 6.07) is 9.01. The van der Waals surface area contributed by atoms with Crippen LogP contribution in [0.15, 0.2) is 30.3 Å². The molecule has 0 N–H and O–H groups in total. The van der Waals surface area contributed by atoms with Crippen LogP contribution in [0.3, 0.4) is 0 Å². The molecule has 0 radical (unpaired) electrons. The predicted octanol–water partition coefficient (Wildman–Crippen LogP) is 5.01. The summed E-state index contributed by atoms with van der Waals surface area (Å²) in [4.78, 5) is 8.95. The van der Waals surface area contributed by atoms with E-state index in [0.29, 0.717) is 27.4 Å². The van der Waals surface area contributed by atoms with Crippen molar-refractivity contribution in [3.63, 3.8) is 0 Å². The summed E-state index contributed by atoms with van der Waals surface area (Å²) in [6.45, 7) is 5.71. The number of hydrogen-bond donors (Lipinski definition) is 0. The SMILES string of the molecule is Cc1cccc(C)c1-c1nc(Cl)c2ccc(F)c(C)c2n1.